The molecule has 1 aromatic carbocycles. The van der Waals surface area contributed by atoms with Gasteiger partial charge in [0.15, 0.2) is 0 Å². The van der Waals surface area contributed by atoms with E-state index in [1.54, 1.807) is 18.2 Å². The highest BCUT2D eigenvalue weighted by Gasteiger charge is 2.00. The van der Waals surface area contributed by atoms with Gasteiger partial charge in [0, 0.05) is 20.0 Å². The molecule has 1 rings (SSSR count). The Morgan fingerprint density at radius 2 is 2.25 bits per heavy atom. The molecule has 0 saturated heterocycles. The second-order valence-corrected chi connectivity index (χ2v) is 3.62. The highest BCUT2D eigenvalue weighted by molar-refractivity contribution is 6.33. The number of halogens is 1. The van der Waals surface area contributed by atoms with Crippen LogP contribution in [0.2, 0.25) is 5.02 Å². The lowest BCUT2D eigenvalue weighted by molar-refractivity contribution is -0.118. The van der Waals surface area contributed by atoms with Crippen molar-refractivity contribution in [1.29, 1.82) is 5.26 Å². The molecule has 0 aromatic heterocycles. The number of amides is 1. The molecule has 0 unspecified atom stereocenters. The number of nitriles is 1. The summed E-state index contributed by atoms with van der Waals surface area (Å²) >= 11 is 5.95. The quantitative estimate of drug-likeness (QED) is 0.785. The summed E-state index contributed by atoms with van der Waals surface area (Å²) in [5.74, 6) is -0.0623. The van der Waals surface area contributed by atoms with Crippen molar-refractivity contribution in [2.24, 2.45) is 0 Å². The maximum Gasteiger partial charge on any atom is 0.216 e. The molecular weight excluding hydrogens is 226 g/mol. The van der Waals surface area contributed by atoms with Gasteiger partial charge in [-0.25, -0.2) is 0 Å². The van der Waals surface area contributed by atoms with Crippen LogP contribution in [0.1, 0.15) is 12.5 Å². The van der Waals surface area contributed by atoms with Crippen molar-refractivity contribution in [3.63, 3.8) is 0 Å². The Balaban J connectivity index is 2.49. The first-order valence-corrected chi connectivity index (χ1v) is 5.19. The van der Waals surface area contributed by atoms with Gasteiger partial charge >= 0.3 is 0 Å². The zero-order valence-electron chi connectivity index (χ0n) is 8.88. The van der Waals surface area contributed by atoms with Crippen LogP contribution in [0, 0.1) is 11.3 Å². The van der Waals surface area contributed by atoms with Crippen LogP contribution in [0.4, 0.5) is 5.69 Å². The lowest BCUT2D eigenvalue weighted by Gasteiger charge is -2.08. The molecule has 0 bridgehead atoms. The fourth-order valence-electron chi connectivity index (χ4n) is 1.16. The van der Waals surface area contributed by atoms with Gasteiger partial charge in [-0.05, 0) is 18.2 Å². The monoisotopic (exact) mass is 237 g/mol. The first-order chi connectivity index (χ1) is 7.63. The third-order valence-corrected chi connectivity index (χ3v) is 2.23. The third kappa shape index (κ3) is 3.79. The number of nitrogens with zero attached hydrogens (tertiary/aromatic N) is 1. The van der Waals surface area contributed by atoms with Gasteiger partial charge in [-0.2, -0.15) is 5.26 Å². The van der Waals surface area contributed by atoms with Gasteiger partial charge in [0.05, 0.1) is 22.3 Å². The minimum Gasteiger partial charge on any atom is -0.382 e. The predicted molar refractivity (Wildman–Crippen MR) is 63.3 cm³/mol. The van der Waals surface area contributed by atoms with Crippen LogP contribution in [0.25, 0.3) is 0 Å². The van der Waals surface area contributed by atoms with Crippen LogP contribution >= 0.6 is 11.6 Å². The van der Waals surface area contributed by atoms with E-state index in [2.05, 4.69) is 10.6 Å². The highest BCUT2D eigenvalue weighted by atomic mass is 35.5. The van der Waals surface area contributed by atoms with Crippen molar-refractivity contribution < 1.29 is 4.79 Å². The lowest BCUT2D eigenvalue weighted by atomic mass is 10.2. The molecule has 0 spiro atoms. The van der Waals surface area contributed by atoms with E-state index in [0.717, 1.165) is 5.69 Å². The molecule has 0 aliphatic heterocycles. The first-order valence-electron chi connectivity index (χ1n) is 4.81. The molecule has 0 aliphatic rings. The smallest absolute Gasteiger partial charge is 0.216 e. The van der Waals surface area contributed by atoms with Crippen LogP contribution in [-0.4, -0.2) is 19.0 Å². The largest absolute Gasteiger partial charge is 0.382 e. The van der Waals surface area contributed by atoms with Crippen LogP contribution in [0.5, 0.6) is 0 Å². The van der Waals surface area contributed by atoms with E-state index < -0.39 is 0 Å². The van der Waals surface area contributed by atoms with Gasteiger partial charge in [-0.3, -0.25) is 4.79 Å². The van der Waals surface area contributed by atoms with E-state index in [1.807, 2.05) is 6.07 Å². The number of carbonyl (C=O) groups is 1. The molecule has 16 heavy (non-hydrogen) atoms. The zero-order chi connectivity index (χ0) is 12.0. The SMILES string of the molecule is CC(=O)NCCNc1ccc(C#N)cc1Cl. The first kappa shape index (κ1) is 12.3. The Hall–Kier alpha value is -1.73. The van der Waals surface area contributed by atoms with Crippen molar-refractivity contribution in [2.75, 3.05) is 18.4 Å². The van der Waals surface area contributed by atoms with Gasteiger partial charge in [0.25, 0.3) is 0 Å². The number of anilines is 1. The number of nitrogens with one attached hydrogen (secondary N) is 2. The molecular formula is C11H12ClN3O. The van der Waals surface area contributed by atoms with Gasteiger partial charge in [-0.15, -0.1) is 0 Å². The predicted octanol–water partition coefficient (Wildman–Crippen LogP) is 1.76. The molecule has 0 aliphatic carbocycles. The lowest BCUT2D eigenvalue weighted by Crippen LogP contribution is -2.26. The van der Waals surface area contributed by atoms with Crippen molar-refractivity contribution in [3.05, 3.63) is 28.8 Å². The molecule has 1 amide bonds. The van der Waals surface area contributed by atoms with Crippen molar-refractivity contribution in [1.82, 2.24) is 5.32 Å². The Labute approximate surface area is 99.2 Å². The number of hydrogen-bond acceptors (Lipinski definition) is 3. The van der Waals surface area contributed by atoms with Crippen LogP contribution in [0.3, 0.4) is 0 Å². The van der Waals surface area contributed by atoms with E-state index in [4.69, 9.17) is 16.9 Å². The van der Waals surface area contributed by atoms with E-state index >= 15 is 0 Å². The van der Waals surface area contributed by atoms with Crippen LogP contribution in [0.15, 0.2) is 18.2 Å². The number of carbonyl (C=O) groups excluding carboxylic acids is 1. The van der Waals surface area contributed by atoms with Crippen molar-refractivity contribution in [2.45, 2.75) is 6.92 Å². The van der Waals surface area contributed by atoms with E-state index in [-0.39, 0.29) is 5.91 Å². The maximum absolute atomic E-state index is 10.6. The summed E-state index contributed by atoms with van der Waals surface area (Å²) in [5, 5.41) is 14.9. The van der Waals surface area contributed by atoms with Crippen LogP contribution < -0.4 is 10.6 Å². The fraction of sp³-hybridized carbons (Fsp3) is 0.273. The fourth-order valence-corrected chi connectivity index (χ4v) is 1.41. The van der Waals surface area contributed by atoms with Crippen molar-refractivity contribution in [3.8, 4) is 6.07 Å². The minimum absolute atomic E-state index is 0.0623. The number of hydrogen-bond donors (Lipinski definition) is 2. The normalized spacial score (nSPS) is 9.31. The summed E-state index contributed by atoms with van der Waals surface area (Å²) in [6, 6.07) is 7.04. The van der Waals surface area contributed by atoms with Crippen molar-refractivity contribution >= 4 is 23.2 Å². The molecule has 0 radical (unpaired) electrons. The Kier molecular flexibility index (Phi) is 4.62. The van der Waals surface area contributed by atoms with E-state index in [0.29, 0.717) is 23.7 Å². The molecule has 0 heterocycles. The van der Waals surface area contributed by atoms with Gasteiger partial charge < -0.3 is 10.6 Å². The van der Waals surface area contributed by atoms with Gasteiger partial charge in [0.1, 0.15) is 0 Å². The summed E-state index contributed by atoms with van der Waals surface area (Å²) in [6.07, 6.45) is 0. The molecule has 0 fully saturated rings. The molecule has 0 atom stereocenters. The minimum atomic E-state index is -0.0623. The van der Waals surface area contributed by atoms with E-state index in [1.165, 1.54) is 6.92 Å². The van der Waals surface area contributed by atoms with Gasteiger partial charge in [-0.1, -0.05) is 11.6 Å². The Bertz CT molecular complexity index is 426. The summed E-state index contributed by atoms with van der Waals surface area (Å²) in [6.45, 7) is 2.59. The number of benzene rings is 1. The topological polar surface area (TPSA) is 64.9 Å². The Morgan fingerprint density at radius 1 is 1.50 bits per heavy atom. The summed E-state index contributed by atoms with van der Waals surface area (Å²) < 4.78 is 0. The summed E-state index contributed by atoms with van der Waals surface area (Å²) in [4.78, 5) is 10.6. The maximum atomic E-state index is 10.6. The standard InChI is InChI=1S/C11H12ClN3O/c1-8(16)14-4-5-15-11-3-2-9(7-13)6-10(11)12/h2-3,6,15H,4-5H2,1H3,(H,14,16). The molecule has 5 heteroatoms. The molecule has 2 N–H and O–H groups in total. The Morgan fingerprint density at radius 3 is 2.81 bits per heavy atom. The van der Waals surface area contributed by atoms with E-state index in [9.17, 15) is 4.79 Å². The second-order valence-electron chi connectivity index (χ2n) is 3.22. The molecule has 0 saturated carbocycles. The molecule has 84 valence electrons. The summed E-state index contributed by atoms with van der Waals surface area (Å²) in [5.41, 5.74) is 1.28. The second kappa shape index (κ2) is 5.99. The average molecular weight is 238 g/mol. The van der Waals surface area contributed by atoms with Crippen LogP contribution in [-0.2, 0) is 4.79 Å². The highest BCUT2D eigenvalue weighted by Crippen LogP contribution is 2.22. The number of rotatable bonds is 4. The molecule has 1 aromatic rings. The molecule has 4 nitrogen and oxygen atoms in total. The third-order valence-electron chi connectivity index (χ3n) is 1.91. The summed E-state index contributed by atoms with van der Waals surface area (Å²) in [7, 11) is 0. The van der Waals surface area contributed by atoms with Gasteiger partial charge in [0.2, 0.25) is 5.91 Å². The average Bonchev–Trinajstić information content (AvgIpc) is 2.25. The zero-order valence-corrected chi connectivity index (χ0v) is 9.64.